The molecule has 238 valence electrons. The van der Waals surface area contributed by atoms with Crippen molar-refractivity contribution < 1.29 is 24.2 Å². The number of unbranched alkanes of at least 4 members (excludes halogenated alkanes) is 5. The molecule has 0 aliphatic heterocycles. The molecule has 0 heterocycles. The van der Waals surface area contributed by atoms with Gasteiger partial charge in [-0.1, -0.05) is 76.3 Å². The summed E-state index contributed by atoms with van der Waals surface area (Å²) in [6, 6.07) is 10.6. The van der Waals surface area contributed by atoms with E-state index in [4.69, 9.17) is 4.74 Å². The number of aryl methyl sites for hydroxylation is 2. The Balaban J connectivity index is 2.59. The Morgan fingerprint density at radius 2 is 1.49 bits per heavy atom. The molecule has 0 fully saturated rings. The first-order valence-corrected chi connectivity index (χ1v) is 15.8. The minimum absolute atomic E-state index is 0.110. The third-order valence-electron chi connectivity index (χ3n) is 7.36. The molecule has 0 aromatic heterocycles. The van der Waals surface area contributed by atoms with Gasteiger partial charge in [-0.25, -0.2) is 4.79 Å². The third-order valence-corrected chi connectivity index (χ3v) is 7.36. The van der Waals surface area contributed by atoms with Crippen LogP contribution >= 0.6 is 0 Å². The molecule has 2 atom stereocenters. The molecule has 0 saturated heterocycles. The van der Waals surface area contributed by atoms with Crippen LogP contribution in [-0.4, -0.2) is 52.6 Å². The Morgan fingerprint density at radius 1 is 0.884 bits per heavy atom. The smallest absolute Gasteiger partial charge is 0.408 e. The molecule has 8 nitrogen and oxygen atoms in total. The second-order valence-electron chi connectivity index (χ2n) is 12.4. The zero-order valence-electron chi connectivity index (χ0n) is 27.3. The Kier molecular flexibility index (Phi) is 14.5. The van der Waals surface area contributed by atoms with Crippen molar-refractivity contribution in [2.45, 2.75) is 118 Å². The van der Waals surface area contributed by atoms with Gasteiger partial charge >= 0.3 is 6.09 Å². The summed E-state index contributed by atoms with van der Waals surface area (Å²) in [6.45, 7) is 14.3. The highest BCUT2D eigenvalue weighted by Crippen LogP contribution is 2.30. The first kappa shape index (κ1) is 35.6. The minimum Gasteiger partial charge on any atom is -0.508 e. The summed E-state index contributed by atoms with van der Waals surface area (Å²) in [6.07, 6.45) is 6.14. The van der Waals surface area contributed by atoms with Crippen molar-refractivity contribution in [2.75, 3.05) is 13.1 Å². The maximum absolute atomic E-state index is 14.6. The molecule has 0 spiro atoms. The second-order valence-corrected chi connectivity index (χ2v) is 12.4. The number of carbonyl (C=O) groups is 3. The van der Waals surface area contributed by atoms with E-state index in [1.54, 1.807) is 49.9 Å². The van der Waals surface area contributed by atoms with Crippen LogP contribution in [0.1, 0.15) is 108 Å². The van der Waals surface area contributed by atoms with Gasteiger partial charge in [0.25, 0.3) is 0 Å². The van der Waals surface area contributed by atoms with E-state index in [1.165, 1.54) is 0 Å². The number of aromatic hydroxyl groups is 1. The van der Waals surface area contributed by atoms with Gasteiger partial charge in [0.05, 0.1) is 0 Å². The standard InChI is InChI=1S/C35H53N3O5/c1-8-10-12-13-14-23-38(31(32(40)36-22-11-9-2)30-25(3)16-15-17-26(30)4)33(41)29(37-34(42)43-35(5,6)7)24-27-18-20-28(39)21-19-27/h15-21,29,31,39H,8-14,22-24H2,1-7H3,(H,36,40)(H,37,42). The highest BCUT2D eigenvalue weighted by Gasteiger charge is 2.37. The number of nitrogens with zero attached hydrogens (tertiary/aromatic N) is 1. The van der Waals surface area contributed by atoms with Crippen molar-refractivity contribution in [1.29, 1.82) is 0 Å². The molecule has 8 heteroatoms. The Morgan fingerprint density at radius 3 is 2.07 bits per heavy atom. The van der Waals surface area contributed by atoms with E-state index in [-0.39, 0.29) is 24.0 Å². The molecule has 0 radical (unpaired) electrons. The zero-order valence-corrected chi connectivity index (χ0v) is 27.3. The van der Waals surface area contributed by atoms with Crippen molar-refractivity contribution in [3.05, 3.63) is 64.7 Å². The molecule has 0 aliphatic rings. The van der Waals surface area contributed by atoms with E-state index < -0.39 is 23.8 Å². The van der Waals surface area contributed by atoms with E-state index >= 15 is 0 Å². The fraction of sp³-hybridized carbons (Fsp3) is 0.571. The van der Waals surface area contributed by atoms with E-state index in [9.17, 15) is 19.5 Å². The van der Waals surface area contributed by atoms with Crippen LogP contribution in [0.4, 0.5) is 4.79 Å². The van der Waals surface area contributed by atoms with Gasteiger partial charge in [0.2, 0.25) is 11.8 Å². The fourth-order valence-corrected chi connectivity index (χ4v) is 5.14. The SMILES string of the molecule is CCCCCCCN(C(=O)C(Cc1ccc(O)cc1)NC(=O)OC(C)(C)C)C(C(=O)NCCCC)c1c(C)cccc1C. The van der Waals surface area contributed by atoms with Crippen molar-refractivity contribution in [3.63, 3.8) is 0 Å². The van der Waals surface area contributed by atoms with Crippen molar-refractivity contribution in [3.8, 4) is 5.75 Å². The summed E-state index contributed by atoms with van der Waals surface area (Å²) in [4.78, 5) is 43.3. The highest BCUT2D eigenvalue weighted by molar-refractivity contribution is 5.92. The number of hydrogen-bond acceptors (Lipinski definition) is 5. The number of carbonyl (C=O) groups excluding carboxylic acids is 3. The summed E-state index contributed by atoms with van der Waals surface area (Å²) >= 11 is 0. The van der Waals surface area contributed by atoms with Gasteiger partial charge in [-0.3, -0.25) is 9.59 Å². The number of rotatable bonds is 16. The molecule has 2 unspecified atom stereocenters. The van der Waals surface area contributed by atoms with Crippen molar-refractivity contribution in [2.24, 2.45) is 0 Å². The lowest BCUT2D eigenvalue weighted by Gasteiger charge is -2.36. The number of hydrogen-bond donors (Lipinski definition) is 3. The number of ether oxygens (including phenoxy) is 1. The monoisotopic (exact) mass is 595 g/mol. The predicted molar refractivity (Wildman–Crippen MR) is 172 cm³/mol. The molecule has 3 amide bonds. The fourth-order valence-electron chi connectivity index (χ4n) is 5.14. The lowest BCUT2D eigenvalue weighted by atomic mass is 9.93. The lowest BCUT2D eigenvalue weighted by molar-refractivity contribution is -0.142. The largest absolute Gasteiger partial charge is 0.508 e. The Labute approximate surface area is 258 Å². The van der Waals surface area contributed by atoms with Gasteiger partial charge in [-0.15, -0.1) is 0 Å². The summed E-state index contributed by atoms with van der Waals surface area (Å²) in [5.41, 5.74) is 2.66. The maximum Gasteiger partial charge on any atom is 0.408 e. The molecular weight excluding hydrogens is 542 g/mol. The molecule has 2 rings (SSSR count). The molecule has 0 bridgehead atoms. The predicted octanol–water partition coefficient (Wildman–Crippen LogP) is 6.90. The summed E-state index contributed by atoms with van der Waals surface area (Å²) in [7, 11) is 0. The van der Waals surface area contributed by atoms with Crippen LogP contribution in [-0.2, 0) is 20.7 Å². The number of nitrogens with one attached hydrogen (secondary N) is 2. The van der Waals surface area contributed by atoms with Crippen LogP contribution in [0.5, 0.6) is 5.75 Å². The second kappa shape index (κ2) is 17.5. The number of phenols is 1. The molecule has 2 aromatic rings. The van der Waals surface area contributed by atoms with Crippen LogP contribution in [0.25, 0.3) is 0 Å². The van der Waals surface area contributed by atoms with Gasteiger partial charge in [-0.2, -0.15) is 0 Å². The van der Waals surface area contributed by atoms with Crippen LogP contribution in [0, 0.1) is 13.8 Å². The molecule has 3 N–H and O–H groups in total. The van der Waals surface area contributed by atoms with Gasteiger partial charge in [0, 0.05) is 19.5 Å². The average molecular weight is 596 g/mol. The number of benzene rings is 2. The highest BCUT2D eigenvalue weighted by atomic mass is 16.6. The lowest BCUT2D eigenvalue weighted by Crippen LogP contribution is -2.54. The topological polar surface area (TPSA) is 108 Å². The summed E-state index contributed by atoms with van der Waals surface area (Å²) < 4.78 is 5.54. The average Bonchev–Trinajstić information content (AvgIpc) is 2.93. The molecule has 0 aliphatic carbocycles. The van der Waals surface area contributed by atoms with Crippen LogP contribution in [0.3, 0.4) is 0 Å². The van der Waals surface area contributed by atoms with Crippen molar-refractivity contribution in [1.82, 2.24) is 15.5 Å². The van der Waals surface area contributed by atoms with Crippen LogP contribution < -0.4 is 10.6 Å². The third kappa shape index (κ3) is 11.9. The Bertz CT molecular complexity index is 1150. The van der Waals surface area contributed by atoms with Gasteiger partial charge < -0.3 is 25.4 Å². The maximum atomic E-state index is 14.6. The molecule has 0 saturated carbocycles. The number of alkyl carbamates (subject to hydrolysis) is 1. The van der Waals surface area contributed by atoms with Gasteiger partial charge in [0.1, 0.15) is 23.4 Å². The molecule has 43 heavy (non-hydrogen) atoms. The first-order valence-electron chi connectivity index (χ1n) is 15.8. The zero-order chi connectivity index (χ0) is 32.0. The quantitative estimate of drug-likeness (QED) is 0.183. The summed E-state index contributed by atoms with van der Waals surface area (Å²) in [5.74, 6) is -0.472. The van der Waals surface area contributed by atoms with Crippen LogP contribution in [0.15, 0.2) is 42.5 Å². The number of amides is 3. The first-order chi connectivity index (χ1) is 20.4. The minimum atomic E-state index is -0.995. The molecular formula is C35H53N3O5. The van der Waals surface area contributed by atoms with E-state index in [1.807, 2.05) is 32.0 Å². The molecule has 2 aromatic carbocycles. The summed E-state index contributed by atoms with van der Waals surface area (Å²) in [5, 5.41) is 15.7. The van der Waals surface area contributed by atoms with Gasteiger partial charge in [-0.05, 0) is 81.8 Å². The van der Waals surface area contributed by atoms with E-state index in [2.05, 4.69) is 24.5 Å². The van der Waals surface area contributed by atoms with E-state index in [0.29, 0.717) is 13.1 Å². The van der Waals surface area contributed by atoms with Gasteiger partial charge in [0.15, 0.2) is 0 Å². The Hall–Kier alpha value is -3.55. The van der Waals surface area contributed by atoms with E-state index in [0.717, 1.165) is 67.2 Å². The normalized spacial score (nSPS) is 12.7. The van der Waals surface area contributed by atoms with Crippen LogP contribution in [0.2, 0.25) is 0 Å². The van der Waals surface area contributed by atoms with Crippen molar-refractivity contribution >= 4 is 17.9 Å². The number of phenolic OH excluding ortho intramolecular Hbond substituents is 1.